The van der Waals surface area contributed by atoms with E-state index in [1.54, 1.807) is 0 Å². The quantitative estimate of drug-likeness (QED) is 0.696. The molecule has 0 spiro atoms. The molecule has 5 nitrogen and oxygen atoms in total. The van der Waals surface area contributed by atoms with E-state index in [1.807, 2.05) is 0 Å². The molecule has 5 heteroatoms. The molecule has 0 bridgehead atoms. The van der Waals surface area contributed by atoms with Gasteiger partial charge in [-0.3, -0.25) is 19.4 Å². The van der Waals surface area contributed by atoms with Crippen molar-refractivity contribution in [3.05, 3.63) is 0 Å². The molecule has 2 aliphatic heterocycles. The van der Waals surface area contributed by atoms with E-state index < -0.39 is 0 Å². The average Bonchev–Trinajstić information content (AvgIpc) is 2.93. The Morgan fingerprint density at radius 2 is 1.89 bits per heavy atom. The SMILES string of the molecule is O=C1CCC(=O)N1CCN1CCCC1CCCO. The van der Waals surface area contributed by atoms with Gasteiger partial charge in [0.2, 0.25) is 11.8 Å². The molecule has 2 rings (SSSR count). The number of aliphatic hydroxyl groups excluding tert-OH is 1. The molecule has 0 aromatic carbocycles. The molecule has 0 radical (unpaired) electrons. The van der Waals surface area contributed by atoms with Gasteiger partial charge >= 0.3 is 0 Å². The fourth-order valence-electron chi connectivity index (χ4n) is 2.94. The maximum atomic E-state index is 11.5. The van der Waals surface area contributed by atoms with Crippen LogP contribution < -0.4 is 0 Å². The number of nitrogens with zero attached hydrogens (tertiary/aromatic N) is 2. The van der Waals surface area contributed by atoms with E-state index >= 15 is 0 Å². The van der Waals surface area contributed by atoms with Gasteiger partial charge in [-0.25, -0.2) is 0 Å². The largest absolute Gasteiger partial charge is 0.396 e. The van der Waals surface area contributed by atoms with Crippen LogP contribution in [0.15, 0.2) is 0 Å². The molecule has 2 heterocycles. The standard InChI is InChI=1S/C13H22N2O3/c16-10-2-4-11-3-1-7-14(11)8-9-15-12(17)5-6-13(15)18/h11,16H,1-10H2. The van der Waals surface area contributed by atoms with E-state index in [2.05, 4.69) is 4.90 Å². The van der Waals surface area contributed by atoms with Gasteiger partial charge in [-0.2, -0.15) is 0 Å². The monoisotopic (exact) mass is 254 g/mol. The van der Waals surface area contributed by atoms with Crippen LogP contribution in [0.5, 0.6) is 0 Å². The molecule has 2 fully saturated rings. The third-order valence-corrected chi connectivity index (χ3v) is 3.96. The molecule has 0 aromatic rings. The first-order valence-electron chi connectivity index (χ1n) is 6.90. The fourth-order valence-corrected chi connectivity index (χ4v) is 2.94. The number of rotatable bonds is 6. The van der Waals surface area contributed by atoms with Crippen LogP contribution in [0.2, 0.25) is 0 Å². The number of aliphatic hydroxyl groups is 1. The summed E-state index contributed by atoms with van der Waals surface area (Å²) in [6.45, 7) is 2.61. The van der Waals surface area contributed by atoms with Crippen LogP contribution in [-0.2, 0) is 9.59 Å². The number of hydrogen-bond donors (Lipinski definition) is 1. The van der Waals surface area contributed by atoms with Gasteiger partial charge in [-0.15, -0.1) is 0 Å². The van der Waals surface area contributed by atoms with Crippen LogP contribution in [0.4, 0.5) is 0 Å². The highest BCUT2D eigenvalue weighted by atomic mass is 16.3. The molecule has 2 saturated heterocycles. The third-order valence-electron chi connectivity index (χ3n) is 3.96. The van der Waals surface area contributed by atoms with Crippen molar-refractivity contribution in [3.8, 4) is 0 Å². The number of imide groups is 1. The van der Waals surface area contributed by atoms with Crippen LogP contribution in [-0.4, -0.2) is 59.0 Å². The van der Waals surface area contributed by atoms with Crippen molar-refractivity contribution in [2.24, 2.45) is 0 Å². The summed E-state index contributed by atoms with van der Waals surface area (Å²) in [4.78, 5) is 26.8. The number of likely N-dealkylation sites (tertiary alicyclic amines) is 2. The molecule has 0 saturated carbocycles. The minimum absolute atomic E-state index is 0.0221. The van der Waals surface area contributed by atoms with Crippen molar-refractivity contribution in [3.63, 3.8) is 0 Å². The second-order valence-corrected chi connectivity index (χ2v) is 5.14. The maximum Gasteiger partial charge on any atom is 0.229 e. The van der Waals surface area contributed by atoms with Gasteiger partial charge < -0.3 is 5.11 Å². The van der Waals surface area contributed by atoms with Crippen LogP contribution in [0.1, 0.15) is 38.5 Å². The second-order valence-electron chi connectivity index (χ2n) is 5.14. The summed E-state index contributed by atoms with van der Waals surface area (Å²) in [6, 6.07) is 0.518. The van der Waals surface area contributed by atoms with Crippen molar-refractivity contribution in [2.75, 3.05) is 26.2 Å². The Kier molecular flexibility index (Phi) is 4.72. The number of carbonyl (C=O) groups is 2. The summed E-state index contributed by atoms with van der Waals surface area (Å²) in [5.41, 5.74) is 0. The van der Waals surface area contributed by atoms with Gasteiger partial charge in [0.25, 0.3) is 0 Å². The van der Waals surface area contributed by atoms with E-state index in [0.29, 0.717) is 25.4 Å². The van der Waals surface area contributed by atoms with E-state index in [-0.39, 0.29) is 18.4 Å². The van der Waals surface area contributed by atoms with Crippen LogP contribution in [0.3, 0.4) is 0 Å². The summed E-state index contributed by atoms with van der Waals surface area (Å²) >= 11 is 0. The Morgan fingerprint density at radius 3 is 2.56 bits per heavy atom. The lowest BCUT2D eigenvalue weighted by molar-refractivity contribution is -0.138. The topological polar surface area (TPSA) is 60.9 Å². The highest BCUT2D eigenvalue weighted by Crippen LogP contribution is 2.21. The highest BCUT2D eigenvalue weighted by molar-refractivity contribution is 6.01. The second kappa shape index (κ2) is 6.29. The maximum absolute atomic E-state index is 11.5. The average molecular weight is 254 g/mol. The molecule has 1 unspecified atom stereocenters. The van der Waals surface area contributed by atoms with Crippen molar-refractivity contribution in [1.82, 2.24) is 9.80 Å². The van der Waals surface area contributed by atoms with E-state index in [0.717, 1.165) is 25.9 Å². The Hall–Kier alpha value is -0.940. The molecule has 0 aromatic heterocycles. The Morgan fingerprint density at radius 1 is 1.17 bits per heavy atom. The summed E-state index contributed by atoms with van der Waals surface area (Å²) in [6.07, 6.45) is 4.96. The van der Waals surface area contributed by atoms with Crippen LogP contribution in [0, 0.1) is 0 Å². The first-order valence-corrected chi connectivity index (χ1v) is 6.90. The van der Waals surface area contributed by atoms with E-state index in [1.165, 1.54) is 17.7 Å². The van der Waals surface area contributed by atoms with Gasteiger partial charge in [0.05, 0.1) is 0 Å². The molecule has 1 atom stereocenters. The lowest BCUT2D eigenvalue weighted by Crippen LogP contribution is -2.39. The summed E-state index contributed by atoms with van der Waals surface area (Å²) in [5, 5.41) is 8.87. The van der Waals surface area contributed by atoms with Gasteiger partial charge in [0.15, 0.2) is 0 Å². The van der Waals surface area contributed by atoms with Crippen molar-refractivity contribution >= 4 is 11.8 Å². The van der Waals surface area contributed by atoms with Crippen LogP contribution in [0.25, 0.3) is 0 Å². The third kappa shape index (κ3) is 3.09. The smallest absolute Gasteiger partial charge is 0.229 e. The first kappa shape index (κ1) is 13.5. The minimum atomic E-state index is -0.0221. The Labute approximate surface area is 108 Å². The van der Waals surface area contributed by atoms with Crippen molar-refractivity contribution < 1.29 is 14.7 Å². The van der Waals surface area contributed by atoms with Gasteiger partial charge in [0.1, 0.15) is 0 Å². The highest BCUT2D eigenvalue weighted by Gasteiger charge is 2.30. The normalized spacial score (nSPS) is 25.4. The van der Waals surface area contributed by atoms with Crippen LogP contribution >= 0.6 is 0 Å². The lowest BCUT2D eigenvalue weighted by atomic mass is 10.1. The minimum Gasteiger partial charge on any atom is -0.396 e. The Balaban J connectivity index is 1.78. The molecule has 18 heavy (non-hydrogen) atoms. The summed E-state index contributed by atoms with van der Waals surface area (Å²) < 4.78 is 0. The number of amides is 2. The summed E-state index contributed by atoms with van der Waals surface area (Å²) in [7, 11) is 0. The predicted octanol–water partition coefficient (Wildman–Crippen LogP) is 0.372. The zero-order valence-corrected chi connectivity index (χ0v) is 10.8. The number of carbonyl (C=O) groups excluding carboxylic acids is 2. The van der Waals surface area contributed by atoms with Gasteiger partial charge in [-0.05, 0) is 32.2 Å². The molecular formula is C13H22N2O3. The van der Waals surface area contributed by atoms with E-state index in [4.69, 9.17) is 5.11 Å². The molecule has 1 N–H and O–H groups in total. The molecule has 2 aliphatic rings. The number of hydrogen-bond acceptors (Lipinski definition) is 4. The molecular weight excluding hydrogens is 232 g/mol. The molecule has 0 aliphatic carbocycles. The lowest BCUT2D eigenvalue weighted by Gasteiger charge is -2.26. The fraction of sp³-hybridized carbons (Fsp3) is 0.846. The van der Waals surface area contributed by atoms with Gasteiger partial charge in [-0.1, -0.05) is 0 Å². The summed E-state index contributed by atoms with van der Waals surface area (Å²) in [5.74, 6) is -0.0442. The zero-order valence-electron chi connectivity index (χ0n) is 10.8. The van der Waals surface area contributed by atoms with Crippen molar-refractivity contribution in [1.29, 1.82) is 0 Å². The zero-order chi connectivity index (χ0) is 13.0. The van der Waals surface area contributed by atoms with Crippen molar-refractivity contribution in [2.45, 2.75) is 44.6 Å². The van der Waals surface area contributed by atoms with Gasteiger partial charge in [0, 0.05) is 38.6 Å². The molecule has 2 amide bonds. The van der Waals surface area contributed by atoms with E-state index in [9.17, 15) is 9.59 Å². The Bertz CT molecular complexity index is 303. The molecule has 102 valence electrons. The predicted molar refractivity (Wildman–Crippen MR) is 66.9 cm³/mol. The first-order chi connectivity index (χ1) is 8.72.